The van der Waals surface area contributed by atoms with E-state index in [-0.39, 0.29) is 23.7 Å². The lowest BCUT2D eigenvalue weighted by atomic mass is 9.91. The molecule has 0 radical (unpaired) electrons. The number of amides is 3. The van der Waals surface area contributed by atoms with Gasteiger partial charge in [0.1, 0.15) is 29.5 Å². The Morgan fingerprint density at radius 3 is 2.59 bits per heavy atom. The summed E-state index contributed by atoms with van der Waals surface area (Å²) in [6.45, 7) is 1.18. The van der Waals surface area contributed by atoms with Crippen LogP contribution in [0.2, 0.25) is 10.0 Å². The molecule has 1 heterocycles. The normalized spacial score (nSPS) is 19.4. The highest BCUT2D eigenvalue weighted by molar-refractivity contribution is 6.35. The van der Waals surface area contributed by atoms with E-state index in [1.807, 2.05) is 0 Å². The molecule has 9 heteroatoms. The zero-order chi connectivity index (χ0) is 19.8. The Bertz CT molecular complexity index is 925. The Morgan fingerprint density at radius 1 is 1.15 bits per heavy atom. The van der Waals surface area contributed by atoms with Gasteiger partial charge in [0, 0.05) is 10.6 Å². The molecule has 1 fully saturated rings. The van der Waals surface area contributed by atoms with Gasteiger partial charge in [0.2, 0.25) is 0 Å². The number of rotatable bonds is 5. The maximum atomic E-state index is 14.1. The van der Waals surface area contributed by atoms with Gasteiger partial charge in [-0.05, 0) is 43.3 Å². The summed E-state index contributed by atoms with van der Waals surface area (Å²) in [7, 11) is 0. The van der Waals surface area contributed by atoms with Crippen LogP contribution in [0.3, 0.4) is 0 Å². The highest BCUT2D eigenvalue weighted by Crippen LogP contribution is 2.31. The van der Waals surface area contributed by atoms with E-state index in [9.17, 15) is 18.4 Å². The van der Waals surface area contributed by atoms with Crippen LogP contribution in [0.5, 0.6) is 5.75 Å². The Kier molecular flexibility index (Phi) is 5.26. The first-order chi connectivity index (χ1) is 12.7. The Hall–Kier alpha value is -2.38. The van der Waals surface area contributed by atoms with Crippen molar-refractivity contribution < 1.29 is 23.1 Å². The summed E-state index contributed by atoms with van der Waals surface area (Å²) in [5.41, 5.74) is -1.95. The number of ether oxygens (including phenoxy) is 1. The number of carbonyl (C=O) groups is 2. The fraction of sp³-hybridized carbons (Fsp3) is 0.222. The van der Waals surface area contributed by atoms with Crippen LogP contribution in [-0.2, 0) is 10.3 Å². The smallest absolute Gasteiger partial charge is 0.325 e. The van der Waals surface area contributed by atoms with E-state index in [0.717, 1.165) is 23.1 Å². The third-order valence-corrected chi connectivity index (χ3v) is 4.74. The van der Waals surface area contributed by atoms with Crippen LogP contribution < -0.4 is 10.1 Å². The lowest BCUT2D eigenvalue weighted by molar-refractivity contribution is -0.131. The van der Waals surface area contributed by atoms with Gasteiger partial charge >= 0.3 is 6.03 Å². The van der Waals surface area contributed by atoms with Crippen molar-refractivity contribution in [2.45, 2.75) is 12.5 Å². The summed E-state index contributed by atoms with van der Waals surface area (Å²) >= 11 is 11.8. The average Bonchev–Trinajstić information content (AvgIpc) is 2.82. The molecule has 1 aliphatic heterocycles. The molecular weight excluding hydrogens is 401 g/mol. The molecule has 0 saturated carbocycles. The molecule has 0 aliphatic carbocycles. The molecule has 1 aliphatic rings. The molecule has 3 amide bonds. The molecule has 1 N–H and O–H groups in total. The van der Waals surface area contributed by atoms with Crippen LogP contribution in [0.15, 0.2) is 36.4 Å². The van der Waals surface area contributed by atoms with Crippen molar-refractivity contribution >= 4 is 35.1 Å². The van der Waals surface area contributed by atoms with Crippen LogP contribution in [0.4, 0.5) is 13.6 Å². The molecule has 27 heavy (non-hydrogen) atoms. The largest absolute Gasteiger partial charge is 0.490 e. The molecule has 2 aromatic rings. The number of nitrogens with one attached hydrogen (secondary N) is 1. The first-order valence-corrected chi connectivity index (χ1v) is 8.65. The standard InChI is InChI=1S/C18H14Cl2F2N2O3/c1-18(12-9-11(21)3-4-14(12)22)16(25)24(17(26)23-18)6-7-27-15-5-2-10(19)8-13(15)20/h2-5,8-9H,6-7H2,1H3,(H,23,26)/t18-/m0/s1. The zero-order valence-electron chi connectivity index (χ0n) is 14.1. The summed E-state index contributed by atoms with van der Waals surface area (Å²) in [5.74, 6) is -1.87. The molecule has 0 bridgehead atoms. The van der Waals surface area contributed by atoms with Crippen molar-refractivity contribution in [2.75, 3.05) is 13.2 Å². The zero-order valence-corrected chi connectivity index (χ0v) is 15.6. The predicted molar refractivity (Wildman–Crippen MR) is 95.9 cm³/mol. The number of urea groups is 1. The van der Waals surface area contributed by atoms with Crippen molar-refractivity contribution in [1.29, 1.82) is 0 Å². The third kappa shape index (κ3) is 3.70. The fourth-order valence-electron chi connectivity index (χ4n) is 2.80. The molecule has 142 valence electrons. The minimum Gasteiger partial charge on any atom is -0.490 e. The highest BCUT2D eigenvalue weighted by Gasteiger charge is 2.50. The Labute approximate surface area is 163 Å². The lowest BCUT2D eigenvalue weighted by Crippen LogP contribution is -2.42. The van der Waals surface area contributed by atoms with Crippen molar-refractivity contribution in [1.82, 2.24) is 10.2 Å². The van der Waals surface area contributed by atoms with Crippen molar-refractivity contribution in [3.05, 3.63) is 63.6 Å². The van der Waals surface area contributed by atoms with Gasteiger partial charge < -0.3 is 10.1 Å². The highest BCUT2D eigenvalue weighted by atomic mass is 35.5. The van der Waals surface area contributed by atoms with Gasteiger partial charge in [0.05, 0.1) is 11.6 Å². The Morgan fingerprint density at radius 2 is 1.89 bits per heavy atom. The minimum atomic E-state index is -1.71. The number of hydrogen-bond donors (Lipinski definition) is 1. The second-order valence-electron chi connectivity index (χ2n) is 6.06. The van der Waals surface area contributed by atoms with Gasteiger partial charge in [-0.3, -0.25) is 9.69 Å². The molecule has 0 aromatic heterocycles. The minimum absolute atomic E-state index is 0.0395. The second-order valence-corrected chi connectivity index (χ2v) is 6.90. The maximum Gasteiger partial charge on any atom is 0.325 e. The van der Waals surface area contributed by atoms with Crippen LogP contribution in [-0.4, -0.2) is 30.0 Å². The van der Waals surface area contributed by atoms with E-state index >= 15 is 0 Å². The molecule has 1 saturated heterocycles. The number of benzene rings is 2. The van der Waals surface area contributed by atoms with Crippen molar-refractivity contribution in [3.63, 3.8) is 0 Å². The summed E-state index contributed by atoms with van der Waals surface area (Å²) in [6.07, 6.45) is 0. The summed E-state index contributed by atoms with van der Waals surface area (Å²) in [4.78, 5) is 25.8. The van der Waals surface area contributed by atoms with Gasteiger partial charge in [0.25, 0.3) is 5.91 Å². The molecule has 2 aromatic carbocycles. The van der Waals surface area contributed by atoms with E-state index in [0.29, 0.717) is 10.8 Å². The van der Waals surface area contributed by atoms with Crippen LogP contribution in [0.1, 0.15) is 12.5 Å². The molecule has 5 nitrogen and oxygen atoms in total. The maximum absolute atomic E-state index is 14.1. The number of nitrogens with zero attached hydrogens (tertiary/aromatic N) is 1. The van der Waals surface area contributed by atoms with E-state index in [1.165, 1.54) is 13.0 Å². The predicted octanol–water partition coefficient (Wildman–Crippen LogP) is 4.12. The quantitative estimate of drug-likeness (QED) is 0.748. The monoisotopic (exact) mass is 414 g/mol. The lowest BCUT2D eigenvalue weighted by Gasteiger charge is -2.23. The second kappa shape index (κ2) is 7.32. The first kappa shape index (κ1) is 19.4. The summed E-state index contributed by atoms with van der Waals surface area (Å²) < 4.78 is 33.1. The average molecular weight is 415 g/mol. The van der Waals surface area contributed by atoms with Gasteiger partial charge in [-0.25, -0.2) is 13.6 Å². The molecule has 0 unspecified atom stereocenters. The van der Waals surface area contributed by atoms with E-state index in [2.05, 4.69) is 5.32 Å². The SMILES string of the molecule is C[C@@]1(c2cc(F)ccc2F)NC(=O)N(CCOc2ccc(Cl)cc2Cl)C1=O. The van der Waals surface area contributed by atoms with Crippen molar-refractivity contribution in [3.8, 4) is 5.75 Å². The van der Waals surface area contributed by atoms with Gasteiger partial charge in [-0.15, -0.1) is 0 Å². The molecule has 0 spiro atoms. The van der Waals surface area contributed by atoms with Crippen LogP contribution in [0.25, 0.3) is 0 Å². The molecular formula is C18H14Cl2F2N2O3. The molecule has 3 rings (SSSR count). The molecule has 1 atom stereocenters. The number of carbonyl (C=O) groups excluding carboxylic acids is 2. The number of hydrogen-bond acceptors (Lipinski definition) is 3. The summed E-state index contributed by atoms with van der Waals surface area (Å²) in [5, 5.41) is 3.14. The fourth-order valence-corrected chi connectivity index (χ4v) is 3.27. The Balaban J connectivity index is 1.73. The first-order valence-electron chi connectivity index (χ1n) is 7.90. The number of halogens is 4. The third-order valence-electron chi connectivity index (χ3n) is 4.21. The van der Waals surface area contributed by atoms with Crippen LogP contribution >= 0.6 is 23.2 Å². The number of imide groups is 1. The van der Waals surface area contributed by atoms with Crippen molar-refractivity contribution in [2.24, 2.45) is 0 Å². The van der Waals surface area contributed by atoms with Gasteiger partial charge in [-0.1, -0.05) is 23.2 Å². The van der Waals surface area contributed by atoms with E-state index in [4.69, 9.17) is 27.9 Å². The van der Waals surface area contributed by atoms with E-state index in [1.54, 1.807) is 12.1 Å². The van der Waals surface area contributed by atoms with Crippen LogP contribution in [0, 0.1) is 11.6 Å². The van der Waals surface area contributed by atoms with E-state index < -0.39 is 29.1 Å². The van der Waals surface area contributed by atoms with Gasteiger partial charge in [0.15, 0.2) is 0 Å². The summed E-state index contributed by atoms with van der Waals surface area (Å²) in [6, 6.07) is 6.64. The van der Waals surface area contributed by atoms with Gasteiger partial charge in [-0.2, -0.15) is 0 Å². The topological polar surface area (TPSA) is 58.6 Å².